The van der Waals surface area contributed by atoms with Crippen molar-refractivity contribution < 1.29 is 4.79 Å². The average Bonchev–Trinajstić information content (AvgIpc) is 3.14. The Balaban J connectivity index is 1.49. The van der Waals surface area contributed by atoms with Crippen LogP contribution in [0.15, 0.2) is 55.1 Å². The Morgan fingerprint density at radius 3 is 2.90 bits per heavy atom. The molecule has 3 aromatic heterocycles. The summed E-state index contributed by atoms with van der Waals surface area (Å²) in [7, 11) is 1.82. The zero-order chi connectivity index (χ0) is 21.1. The lowest BCUT2D eigenvalue weighted by Crippen LogP contribution is -2.13. The second kappa shape index (κ2) is 8.01. The molecule has 8 nitrogen and oxygen atoms in total. The monoisotopic (exact) mass is 397 g/mol. The number of hydrogen-bond donors (Lipinski definition) is 2. The van der Waals surface area contributed by atoms with Crippen LogP contribution in [-0.4, -0.2) is 30.6 Å². The van der Waals surface area contributed by atoms with Crippen LogP contribution < -0.4 is 10.6 Å². The molecular weight excluding hydrogens is 378 g/mol. The standard InChI is InChI=1S/C22H19N7O/c1-4-15-8-17(11-23-10-15)22(30)27-18-7-5-6-16(9-18)14(2)26-20-13-24-19-12-25-29(3)21(19)28-20/h1,5-14H,2-3H3,(H,26,28)(H,27,30)/t14-/m0/s1. The van der Waals surface area contributed by atoms with Gasteiger partial charge in [0.25, 0.3) is 5.91 Å². The first-order chi connectivity index (χ1) is 14.5. The number of carbonyl (C=O) groups is 1. The number of terminal acetylenes is 1. The minimum Gasteiger partial charge on any atom is -0.362 e. The molecule has 0 aliphatic carbocycles. The predicted octanol–water partition coefficient (Wildman–Crippen LogP) is 3.17. The first kappa shape index (κ1) is 19.1. The highest BCUT2D eigenvalue weighted by Crippen LogP contribution is 2.22. The van der Waals surface area contributed by atoms with Crippen LogP contribution in [0.2, 0.25) is 0 Å². The second-order valence-electron chi connectivity index (χ2n) is 6.78. The molecule has 4 aromatic rings. The van der Waals surface area contributed by atoms with Gasteiger partial charge >= 0.3 is 0 Å². The largest absolute Gasteiger partial charge is 0.362 e. The van der Waals surface area contributed by atoms with E-state index in [-0.39, 0.29) is 11.9 Å². The minimum absolute atomic E-state index is 0.0618. The summed E-state index contributed by atoms with van der Waals surface area (Å²) in [5.74, 6) is 2.85. The maximum absolute atomic E-state index is 12.5. The van der Waals surface area contributed by atoms with Gasteiger partial charge in [0.1, 0.15) is 11.3 Å². The molecule has 30 heavy (non-hydrogen) atoms. The van der Waals surface area contributed by atoms with Crippen LogP contribution in [0.5, 0.6) is 0 Å². The van der Waals surface area contributed by atoms with E-state index < -0.39 is 0 Å². The fraction of sp³-hybridized carbons (Fsp3) is 0.136. The van der Waals surface area contributed by atoms with Gasteiger partial charge < -0.3 is 10.6 Å². The maximum Gasteiger partial charge on any atom is 0.257 e. The van der Waals surface area contributed by atoms with Crippen molar-refractivity contribution in [2.24, 2.45) is 7.05 Å². The SMILES string of the molecule is C#Cc1cncc(C(=O)Nc2cccc([C@H](C)Nc3cnc4cnn(C)c4n3)c2)c1. The number of nitrogens with one attached hydrogen (secondary N) is 2. The number of hydrogen-bond acceptors (Lipinski definition) is 6. The zero-order valence-corrected chi connectivity index (χ0v) is 16.5. The van der Waals surface area contributed by atoms with Crippen molar-refractivity contribution in [3.8, 4) is 12.3 Å². The molecular formula is C22H19N7O. The molecule has 148 valence electrons. The van der Waals surface area contributed by atoms with Gasteiger partial charge in [-0.05, 0) is 30.7 Å². The van der Waals surface area contributed by atoms with Crippen molar-refractivity contribution in [3.63, 3.8) is 0 Å². The molecule has 0 unspecified atom stereocenters. The number of benzene rings is 1. The third kappa shape index (κ3) is 3.95. The summed E-state index contributed by atoms with van der Waals surface area (Å²) in [5, 5.41) is 10.4. The van der Waals surface area contributed by atoms with Crippen LogP contribution in [0.25, 0.3) is 11.2 Å². The molecule has 1 amide bonds. The molecule has 1 aromatic carbocycles. The highest BCUT2D eigenvalue weighted by atomic mass is 16.1. The number of nitrogens with zero attached hydrogens (tertiary/aromatic N) is 5. The molecule has 4 rings (SSSR count). The van der Waals surface area contributed by atoms with Gasteiger partial charge in [-0.15, -0.1) is 6.42 Å². The number of rotatable bonds is 5. The van der Waals surface area contributed by atoms with Crippen LogP contribution in [-0.2, 0) is 7.05 Å². The molecule has 0 fully saturated rings. The first-order valence-corrected chi connectivity index (χ1v) is 9.28. The summed E-state index contributed by atoms with van der Waals surface area (Å²) in [4.78, 5) is 25.5. The third-order valence-corrected chi connectivity index (χ3v) is 4.62. The van der Waals surface area contributed by atoms with Crippen molar-refractivity contribution in [2.45, 2.75) is 13.0 Å². The van der Waals surface area contributed by atoms with Crippen molar-refractivity contribution in [1.29, 1.82) is 0 Å². The van der Waals surface area contributed by atoms with Gasteiger partial charge in [0.15, 0.2) is 5.65 Å². The van der Waals surface area contributed by atoms with E-state index in [0.717, 1.165) is 11.1 Å². The molecule has 0 radical (unpaired) electrons. The van der Waals surface area contributed by atoms with E-state index in [1.165, 1.54) is 12.4 Å². The van der Waals surface area contributed by atoms with Crippen LogP contribution in [0.3, 0.4) is 0 Å². The van der Waals surface area contributed by atoms with E-state index in [2.05, 4.69) is 36.6 Å². The van der Waals surface area contributed by atoms with Gasteiger partial charge in [-0.1, -0.05) is 18.1 Å². The van der Waals surface area contributed by atoms with Crippen LogP contribution >= 0.6 is 0 Å². The molecule has 0 saturated carbocycles. The van der Waals surface area contributed by atoms with Gasteiger partial charge in [-0.25, -0.2) is 14.6 Å². The van der Waals surface area contributed by atoms with Gasteiger partial charge in [0.2, 0.25) is 0 Å². The summed E-state index contributed by atoms with van der Waals surface area (Å²) < 4.78 is 1.68. The number of aromatic nitrogens is 5. The van der Waals surface area contributed by atoms with E-state index in [9.17, 15) is 4.79 Å². The third-order valence-electron chi connectivity index (χ3n) is 4.62. The van der Waals surface area contributed by atoms with Crippen molar-refractivity contribution in [2.75, 3.05) is 10.6 Å². The van der Waals surface area contributed by atoms with Crippen LogP contribution in [0.1, 0.15) is 34.5 Å². The Morgan fingerprint density at radius 2 is 2.07 bits per heavy atom. The first-order valence-electron chi connectivity index (χ1n) is 9.28. The van der Waals surface area contributed by atoms with E-state index in [0.29, 0.717) is 28.3 Å². The lowest BCUT2D eigenvalue weighted by atomic mass is 10.1. The summed E-state index contributed by atoms with van der Waals surface area (Å²) in [6.07, 6.45) is 11.8. The maximum atomic E-state index is 12.5. The van der Waals surface area contributed by atoms with Crippen molar-refractivity contribution >= 4 is 28.6 Å². The topological polar surface area (TPSA) is 97.6 Å². The number of aryl methyl sites for hydroxylation is 1. The second-order valence-corrected chi connectivity index (χ2v) is 6.78. The van der Waals surface area contributed by atoms with Crippen molar-refractivity contribution in [3.05, 3.63) is 71.8 Å². The summed E-state index contributed by atoms with van der Waals surface area (Å²) >= 11 is 0. The van der Waals surface area contributed by atoms with E-state index in [4.69, 9.17) is 6.42 Å². The quantitative estimate of drug-likeness (QED) is 0.502. The average molecular weight is 397 g/mol. The molecule has 8 heteroatoms. The lowest BCUT2D eigenvalue weighted by molar-refractivity contribution is 0.102. The molecule has 3 heterocycles. The summed E-state index contributed by atoms with van der Waals surface area (Å²) in [5.41, 5.74) is 4.06. The van der Waals surface area contributed by atoms with Crippen LogP contribution in [0.4, 0.5) is 11.5 Å². The minimum atomic E-state index is -0.273. The van der Waals surface area contributed by atoms with E-state index in [1.807, 2.05) is 38.2 Å². The van der Waals surface area contributed by atoms with Gasteiger partial charge in [0, 0.05) is 30.7 Å². The number of carbonyl (C=O) groups excluding carboxylic acids is 1. The van der Waals surface area contributed by atoms with Gasteiger partial charge in [0.05, 0.1) is 24.0 Å². The fourth-order valence-corrected chi connectivity index (χ4v) is 3.02. The van der Waals surface area contributed by atoms with Gasteiger partial charge in [-0.3, -0.25) is 9.78 Å². The number of amides is 1. The fourth-order valence-electron chi connectivity index (χ4n) is 3.02. The number of anilines is 2. The molecule has 2 N–H and O–H groups in total. The van der Waals surface area contributed by atoms with E-state index >= 15 is 0 Å². The van der Waals surface area contributed by atoms with E-state index in [1.54, 1.807) is 23.1 Å². The Kier molecular flexibility index (Phi) is 5.09. The van der Waals surface area contributed by atoms with Crippen LogP contribution in [0, 0.1) is 12.3 Å². The molecule has 1 atom stereocenters. The highest BCUT2D eigenvalue weighted by Gasteiger charge is 2.11. The summed E-state index contributed by atoms with van der Waals surface area (Å²) in [6, 6.07) is 9.16. The molecule has 0 aliphatic heterocycles. The Labute approximate surface area is 173 Å². The normalized spacial score (nSPS) is 11.6. The number of fused-ring (bicyclic) bond motifs is 1. The number of pyridine rings is 1. The van der Waals surface area contributed by atoms with Gasteiger partial charge in [-0.2, -0.15) is 5.10 Å². The molecule has 0 spiro atoms. The smallest absolute Gasteiger partial charge is 0.257 e. The Morgan fingerprint density at radius 1 is 1.20 bits per heavy atom. The molecule has 0 bridgehead atoms. The molecule has 0 aliphatic rings. The highest BCUT2D eigenvalue weighted by molar-refractivity contribution is 6.04. The van der Waals surface area contributed by atoms with Crippen molar-refractivity contribution in [1.82, 2.24) is 24.7 Å². The zero-order valence-electron chi connectivity index (χ0n) is 16.5. The lowest BCUT2D eigenvalue weighted by Gasteiger charge is -2.16. The molecule has 0 saturated heterocycles. The Hall–Kier alpha value is -4.25. The predicted molar refractivity (Wildman–Crippen MR) is 115 cm³/mol. The Bertz CT molecular complexity index is 1270. The summed E-state index contributed by atoms with van der Waals surface area (Å²) in [6.45, 7) is 2.01.